The summed E-state index contributed by atoms with van der Waals surface area (Å²) in [7, 11) is -11.0. The number of anilines is 3. The largest absolute Gasteiger partial charge is 0.480 e. The van der Waals surface area contributed by atoms with E-state index < -0.39 is 128 Å². The fourth-order valence-corrected chi connectivity index (χ4v) is 9.26. The van der Waals surface area contributed by atoms with E-state index in [9.17, 15) is 81.4 Å². The van der Waals surface area contributed by atoms with Crippen LogP contribution in [0.4, 0.5) is 63.6 Å². The molecule has 0 aliphatic carbocycles. The Morgan fingerprint density at radius 2 is 1.29 bits per heavy atom. The Balaban J connectivity index is 0.000000321. The summed E-state index contributed by atoms with van der Waals surface area (Å²) in [5.41, 5.74) is 9.62. The van der Waals surface area contributed by atoms with Crippen LogP contribution >= 0.6 is 19.0 Å². The third-order valence-corrected chi connectivity index (χ3v) is 14.0. The first-order valence-corrected chi connectivity index (χ1v) is 29.0. The normalized spacial score (nSPS) is 12.1. The predicted octanol–water partition coefficient (Wildman–Crippen LogP) is 7.39. The molecule has 2 atom stereocenters. The fourth-order valence-electron chi connectivity index (χ4n) is 6.02. The van der Waals surface area contributed by atoms with Crippen molar-refractivity contribution in [2.24, 2.45) is 5.73 Å². The van der Waals surface area contributed by atoms with Gasteiger partial charge in [-0.1, -0.05) is 60.1 Å². The summed E-state index contributed by atoms with van der Waals surface area (Å²) >= 11 is 5.94. The Morgan fingerprint density at radius 1 is 0.782 bits per heavy atom. The van der Waals surface area contributed by atoms with Crippen molar-refractivity contribution < 1.29 is 110 Å². The van der Waals surface area contributed by atoms with E-state index in [0.717, 1.165) is 18.2 Å². The van der Waals surface area contributed by atoms with Crippen LogP contribution < -0.4 is 50.5 Å². The van der Waals surface area contributed by atoms with Crippen molar-refractivity contribution in [2.45, 2.75) is 61.4 Å². The molecular formula is C46H47ClF7N12O18PS2. The summed E-state index contributed by atoms with van der Waals surface area (Å²) in [5, 5.41) is 31.8. The highest BCUT2D eigenvalue weighted by Gasteiger charge is 2.30. The van der Waals surface area contributed by atoms with Crippen molar-refractivity contribution in [2.75, 3.05) is 36.3 Å². The lowest BCUT2D eigenvalue weighted by molar-refractivity contribution is -0.383. The maximum Gasteiger partial charge on any atom is 0.389 e. The Kier molecular flexibility index (Phi) is 26.7. The lowest BCUT2D eigenvalue weighted by Gasteiger charge is -2.13. The second-order valence-corrected chi connectivity index (χ2v) is 22.7. The first-order chi connectivity index (χ1) is 40.4. The molecule has 0 saturated heterocycles. The van der Waals surface area contributed by atoms with Crippen LogP contribution in [0.1, 0.15) is 34.6 Å². The van der Waals surface area contributed by atoms with E-state index in [1.165, 1.54) is 67.9 Å². The van der Waals surface area contributed by atoms with Gasteiger partial charge in [-0.3, -0.25) is 30.1 Å². The number of nitrogen functional groups attached to an aromatic ring is 1. The number of amides is 4. The first kappa shape index (κ1) is 72.0. The van der Waals surface area contributed by atoms with Gasteiger partial charge in [0.25, 0.3) is 25.7 Å². The number of nitro benzene ring substituents is 1. The van der Waals surface area contributed by atoms with Crippen LogP contribution in [0.15, 0.2) is 107 Å². The summed E-state index contributed by atoms with van der Waals surface area (Å²) in [4.78, 5) is 80.7. The summed E-state index contributed by atoms with van der Waals surface area (Å²) < 4.78 is 168. The SMILES string of the molecule is COc1nc(C)nc(NC(=O)NS(=O)(=O)c2ccccc2CCC(F)(F)F)n1.CP(=O)(O)CCC(N)C(=O)O.Nc1c([N+](=O)[O-])ccc(Oc2ccccc2)c1Cl.O=C(Nc1nc(OC(F)F)cc(OC(F)F)n1)NS(=O)(=O)c1ccccc1C(=O)O. The summed E-state index contributed by atoms with van der Waals surface area (Å²) in [6.45, 7) is -4.13. The number of nitro groups is 1. The standard InChI is InChI=1S/C15H16F3N5O4S.C14H10F4N4O7S.C12H9ClN2O3.C5H12NO4P/c1-9-19-12(22-14(20-9)27-2)21-13(24)23-28(25,26)11-6-4-3-5-10(11)7-8-15(16,17)18;15-11(16)28-8-5-9(29-12(17)18)20-13(19-8)21-14(25)22-30(26,27)7-4-2-1-3-6(7)10(23)24;13-11-10(18-8-4-2-1-3-5-8)7-6-9(12(11)14)15(16)17;1-11(9,10)3-2-4(6)5(7)8/h3-6H,7-8H2,1-2H3,(H2,19,20,21,22,23,24);1-5,11-12H,(H,23,24)(H2,19,20,21,22,25);1-7H,14H2;4H,2-3,6H2,1H3,(H,7,8)(H,9,10). The number of rotatable bonds is 21. The molecule has 0 aliphatic heterocycles. The van der Waals surface area contributed by atoms with Crippen LogP contribution in [-0.4, -0.2) is 131 Å². The van der Waals surface area contributed by atoms with Crippen LogP contribution in [0.5, 0.6) is 29.3 Å². The number of para-hydroxylation sites is 1. The van der Waals surface area contributed by atoms with E-state index in [0.29, 0.717) is 11.8 Å². The molecule has 41 heteroatoms. The molecule has 4 aromatic carbocycles. The fraction of sp³-hybridized carbons (Fsp3) is 0.239. The van der Waals surface area contributed by atoms with Gasteiger partial charge >= 0.3 is 49.4 Å². The van der Waals surface area contributed by atoms with Gasteiger partial charge in [0, 0.05) is 25.3 Å². The van der Waals surface area contributed by atoms with E-state index in [-0.39, 0.29) is 58.1 Å². The van der Waals surface area contributed by atoms with E-state index in [2.05, 4.69) is 39.7 Å². The number of methoxy groups -OCH3 is 1. The molecule has 0 saturated carbocycles. The Bertz CT molecular complexity index is 3650. The number of carbonyl (C=O) groups excluding carboxylic acids is 2. The van der Waals surface area contributed by atoms with Gasteiger partial charge < -0.3 is 45.5 Å². The lowest BCUT2D eigenvalue weighted by Crippen LogP contribution is -2.35. The maximum absolute atomic E-state index is 12.5. The van der Waals surface area contributed by atoms with Gasteiger partial charge in [-0.25, -0.2) is 40.7 Å². The minimum atomic E-state index is -4.71. The van der Waals surface area contributed by atoms with Crippen molar-refractivity contribution in [3.05, 3.63) is 129 Å². The molecule has 0 bridgehead atoms. The van der Waals surface area contributed by atoms with Crippen LogP contribution in [0.2, 0.25) is 5.02 Å². The van der Waals surface area contributed by atoms with E-state index >= 15 is 0 Å². The molecule has 87 heavy (non-hydrogen) atoms. The highest BCUT2D eigenvalue weighted by atomic mass is 35.5. The summed E-state index contributed by atoms with van der Waals surface area (Å²) in [6.07, 6.45) is -6.20. The second-order valence-electron chi connectivity index (χ2n) is 16.5. The van der Waals surface area contributed by atoms with Gasteiger partial charge in [-0.2, -0.15) is 55.7 Å². The van der Waals surface area contributed by atoms with Crippen molar-refractivity contribution in [3.8, 4) is 29.3 Å². The molecule has 472 valence electrons. The molecule has 11 N–H and O–H groups in total. The number of alkyl halides is 7. The average molecular weight is 1320 g/mol. The number of nitrogens with zero attached hydrogens (tertiary/aromatic N) is 6. The van der Waals surface area contributed by atoms with Gasteiger partial charge in [0.1, 0.15) is 39.0 Å². The molecule has 6 rings (SSSR count). The third-order valence-electron chi connectivity index (χ3n) is 9.72. The smallest absolute Gasteiger partial charge is 0.389 e. The number of hydrogen-bond acceptors (Lipinski definition) is 22. The van der Waals surface area contributed by atoms with Crippen molar-refractivity contribution >= 4 is 86.3 Å². The number of halogens is 8. The minimum Gasteiger partial charge on any atom is -0.480 e. The number of benzene rings is 4. The van der Waals surface area contributed by atoms with Gasteiger partial charge in [-0.05, 0) is 61.7 Å². The van der Waals surface area contributed by atoms with E-state index in [1.54, 1.807) is 34.3 Å². The zero-order chi connectivity index (χ0) is 65.6. The average Bonchev–Trinajstić information content (AvgIpc) is 1.73. The predicted molar refractivity (Wildman–Crippen MR) is 289 cm³/mol. The summed E-state index contributed by atoms with van der Waals surface area (Å²) in [5.74, 6) is -4.79. The molecule has 2 aromatic heterocycles. The molecular weight excluding hydrogens is 1270 g/mol. The third kappa shape index (κ3) is 25.4. The minimum absolute atomic E-state index is 0.0352. The maximum atomic E-state index is 12.5. The lowest BCUT2D eigenvalue weighted by atomic mass is 10.1. The number of carbonyl (C=O) groups is 4. The van der Waals surface area contributed by atoms with Crippen LogP contribution in [0, 0.1) is 17.0 Å². The van der Waals surface area contributed by atoms with Gasteiger partial charge in [0.2, 0.25) is 23.7 Å². The molecule has 6 aromatic rings. The Hall–Kier alpha value is -9.30. The van der Waals surface area contributed by atoms with Gasteiger partial charge in [0.15, 0.2) is 7.37 Å². The number of sulfonamides is 2. The van der Waals surface area contributed by atoms with Gasteiger partial charge in [0.05, 0.1) is 28.6 Å². The van der Waals surface area contributed by atoms with Gasteiger partial charge in [-0.15, -0.1) is 0 Å². The molecule has 0 fully saturated rings. The number of ether oxygens (including phenoxy) is 4. The molecule has 2 heterocycles. The van der Waals surface area contributed by atoms with Crippen molar-refractivity contribution in [3.63, 3.8) is 0 Å². The Morgan fingerprint density at radius 3 is 1.78 bits per heavy atom. The number of aromatic carboxylic acids is 1. The van der Waals surface area contributed by atoms with E-state index in [4.69, 9.17) is 47.6 Å². The van der Waals surface area contributed by atoms with Crippen LogP contribution in [0.3, 0.4) is 0 Å². The topological polar surface area (TPSA) is 459 Å². The highest BCUT2D eigenvalue weighted by Crippen LogP contribution is 2.39. The van der Waals surface area contributed by atoms with Crippen LogP contribution in [0.25, 0.3) is 0 Å². The van der Waals surface area contributed by atoms with E-state index in [1.807, 2.05) is 6.07 Å². The monoisotopic (exact) mass is 1320 g/mol. The number of urea groups is 2. The number of nitrogens with two attached hydrogens (primary N) is 2. The van der Waals surface area contributed by atoms with Crippen molar-refractivity contribution in [1.29, 1.82) is 0 Å². The number of nitrogens with one attached hydrogen (secondary N) is 4. The molecule has 4 amide bonds. The number of hydrogen-bond donors (Lipinski definition) is 9. The number of aryl methyl sites for hydroxylation is 2. The molecule has 2 unspecified atom stereocenters. The summed E-state index contributed by atoms with van der Waals surface area (Å²) in [6, 6.07) is 17.6. The second kappa shape index (κ2) is 32.3. The molecule has 0 spiro atoms. The molecule has 0 aliphatic rings. The molecule has 0 radical (unpaired) electrons. The van der Waals surface area contributed by atoms with Crippen molar-refractivity contribution in [1.82, 2.24) is 34.4 Å². The first-order valence-electron chi connectivity index (χ1n) is 23.3. The number of aliphatic carboxylic acids is 1. The van der Waals surface area contributed by atoms with Crippen LogP contribution in [-0.2, 0) is 35.8 Å². The number of aromatic nitrogens is 5. The Labute approximate surface area is 491 Å². The highest BCUT2D eigenvalue weighted by molar-refractivity contribution is 7.90. The quantitative estimate of drug-likeness (QED) is 0.0111. The number of carboxylic acid groups (broad SMARTS) is 2. The zero-order valence-electron chi connectivity index (χ0n) is 44.4. The number of carboxylic acids is 2. The molecule has 30 nitrogen and oxygen atoms in total. The zero-order valence-corrected chi connectivity index (χ0v) is 47.7.